The Morgan fingerprint density at radius 2 is 2.24 bits per heavy atom. The van der Waals surface area contributed by atoms with Crippen LogP contribution in [-0.2, 0) is 11.2 Å². The van der Waals surface area contributed by atoms with Crippen LogP contribution in [-0.4, -0.2) is 36.8 Å². The number of hydrogen-bond donors (Lipinski definition) is 2. The zero-order valence-electron chi connectivity index (χ0n) is 12.8. The number of nitrogens with one attached hydrogen (secondary N) is 2. The molecule has 2 aliphatic heterocycles. The summed E-state index contributed by atoms with van der Waals surface area (Å²) in [6, 6.07) is 4.81. The van der Waals surface area contributed by atoms with E-state index in [1.54, 1.807) is 0 Å². The van der Waals surface area contributed by atoms with Crippen LogP contribution < -0.4 is 10.6 Å². The van der Waals surface area contributed by atoms with Gasteiger partial charge in [0, 0.05) is 25.4 Å². The number of aryl methyl sites for hydroxylation is 1. The van der Waals surface area contributed by atoms with E-state index in [0.717, 1.165) is 25.5 Å². The van der Waals surface area contributed by atoms with Gasteiger partial charge in [-0.05, 0) is 50.3 Å². The molecule has 0 aromatic carbocycles. The summed E-state index contributed by atoms with van der Waals surface area (Å²) in [6.07, 6.45) is 10.9. The van der Waals surface area contributed by atoms with E-state index in [-0.39, 0.29) is 0 Å². The van der Waals surface area contributed by atoms with Crippen LogP contribution >= 0.6 is 0 Å². The highest BCUT2D eigenvalue weighted by Gasteiger charge is 2.17. The largest absolute Gasteiger partial charge is 0.377 e. The molecular weight excluding hydrogens is 262 g/mol. The van der Waals surface area contributed by atoms with Crippen molar-refractivity contribution in [2.75, 3.05) is 25.0 Å². The Hall–Kier alpha value is -1.13. The van der Waals surface area contributed by atoms with Crippen molar-refractivity contribution >= 4 is 5.82 Å². The second-order valence-corrected chi connectivity index (χ2v) is 6.23. The molecule has 0 amide bonds. The van der Waals surface area contributed by atoms with Gasteiger partial charge in [-0.2, -0.15) is 0 Å². The molecule has 21 heavy (non-hydrogen) atoms. The first-order chi connectivity index (χ1) is 10.4. The van der Waals surface area contributed by atoms with Crippen LogP contribution in [0.4, 0.5) is 5.82 Å². The quantitative estimate of drug-likeness (QED) is 0.758. The van der Waals surface area contributed by atoms with E-state index in [1.807, 2.05) is 12.3 Å². The highest BCUT2D eigenvalue weighted by Crippen LogP contribution is 2.24. The average Bonchev–Trinajstić information content (AvgIpc) is 3.04. The van der Waals surface area contributed by atoms with Gasteiger partial charge in [-0.25, -0.2) is 4.98 Å². The molecular formula is C17H27N3O. The minimum atomic E-state index is 0.465. The number of hydrogen-bond acceptors (Lipinski definition) is 4. The van der Waals surface area contributed by atoms with Gasteiger partial charge in [-0.1, -0.05) is 18.9 Å². The van der Waals surface area contributed by atoms with Crippen LogP contribution in [0.1, 0.15) is 44.1 Å². The first-order valence-corrected chi connectivity index (χ1v) is 8.44. The summed E-state index contributed by atoms with van der Waals surface area (Å²) in [6.45, 7) is 3.08. The maximum Gasteiger partial charge on any atom is 0.129 e. The summed E-state index contributed by atoms with van der Waals surface area (Å²) >= 11 is 0. The van der Waals surface area contributed by atoms with Gasteiger partial charge in [-0.15, -0.1) is 0 Å². The Balaban J connectivity index is 1.26. The van der Waals surface area contributed by atoms with Gasteiger partial charge in [-0.3, -0.25) is 0 Å². The zero-order valence-corrected chi connectivity index (χ0v) is 12.8. The molecule has 3 rings (SSSR count). The molecule has 0 spiro atoms. The number of pyridine rings is 1. The summed E-state index contributed by atoms with van der Waals surface area (Å²) in [5.74, 6) is 1.10. The van der Waals surface area contributed by atoms with E-state index < -0.39 is 0 Å². The van der Waals surface area contributed by atoms with E-state index >= 15 is 0 Å². The molecule has 4 nitrogen and oxygen atoms in total. The lowest BCUT2D eigenvalue weighted by molar-refractivity contribution is 0.0641. The third-order valence-electron chi connectivity index (χ3n) is 4.56. The van der Waals surface area contributed by atoms with Gasteiger partial charge in [0.1, 0.15) is 5.82 Å². The number of nitrogens with zero attached hydrogens (tertiary/aromatic N) is 1. The topological polar surface area (TPSA) is 46.2 Å². The average molecular weight is 289 g/mol. The van der Waals surface area contributed by atoms with Crippen molar-refractivity contribution in [1.82, 2.24) is 10.3 Å². The Morgan fingerprint density at radius 3 is 3.14 bits per heavy atom. The third-order valence-corrected chi connectivity index (χ3v) is 4.56. The molecule has 0 radical (unpaired) electrons. The molecule has 1 saturated heterocycles. The monoisotopic (exact) mass is 289 g/mol. The molecule has 1 aromatic rings. The highest BCUT2D eigenvalue weighted by atomic mass is 16.5. The normalized spacial score (nSPS) is 24.6. The standard InChI is InChI=1S/C17H27N3O/c1(3-12-21-16-9-11-18-13-16)2-6-15-8-7-14-5-4-10-19-17(14)20-15/h4-5,10,15-16,18H,1-3,6-9,11-13H2,(H,19,20)/t15-,16-/m1/s1. The van der Waals surface area contributed by atoms with Gasteiger partial charge in [0.2, 0.25) is 0 Å². The van der Waals surface area contributed by atoms with E-state index in [2.05, 4.69) is 21.7 Å². The molecule has 0 aliphatic carbocycles. The maximum absolute atomic E-state index is 5.85. The summed E-state index contributed by atoms with van der Waals surface area (Å²) in [5.41, 5.74) is 1.37. The Labute approximate surface area is 127 Å². The van der Waals surface area contributed by atoms with Crippen LogP contribution in [0, 0.1) is 0 Å². The second kappa shape index (κ2) is 7.76. The summed E-state index contributed by atoms with van der Waals surface area (Å²) in [7, 11) is 0. The zero-order chi connectivity index (χ0) is 14.3. The molecule has 0 bridgehead atoms. The number of anilines is 1. The third kappa shape index (κ3) is 4.42. The molecule has 116 valence electrons. The SMILES string of the molecule is c1cnc2c(c1)CC[C@@H](CCCCCO[C@@H]1CCNC1)N2. The van der Waals surface area contributed by atoms with Gasteiger partial charge in [0.05, 0.1) is 6.10 Å². The Bertz CT molecular complexity index is 432. The van der Waals surface area contributed by atoms with E-state index in [0.29, 0.717) is 12.1 Å². The van der Waals surface area contributed by atoms with Crippen LogP contribution in [0.2, 0.25) is 0 Å². The summed E-state index contributed by atoms with van der Waals surface area (Å²) in [4.78, 5) is 4.43. The number of ether oxygens (including phenoxy) is 1. The van der Waals surface area contributed by atoms with Crippen molar-refractivity contribution < 1.29 is 4.74 Å². The van der Waals surface area contributed by atoms with E-state index in [1.165, 1.54) is 50.5 Å². The van der Waals surface area contributed by atoms with Crippen molar-refractivity contribution in [3.63, 3.8) is 0 Å². The molecule has 2 N–H and O–H groups in total. The Morgan fingerprint density at radius 1 is 1.24 bits per heavy atom. The van der Waals surface area contributed by atoms with Crippen molar-refractivity contribution in [2.45, 2.75) is 57.1 Å². The minimum Gasteiger partial charge on any atom is -0.377 e. The highest BCUT2D eigenvalue weighted by molar-refractivity contribution is 5.46. The molecule has 1 fully saturated rings. The van der Waals surface area contributed by atoms with Gasteiger partial charge >= 0.3 is 0 Å². The lowest BCUT2D eigenvalue weighted by Crippen LogP contribution is -2.26. The number of rotatable bonds is 7. The van der Waals surface area contributed by atoms with Crippen LogP contribution in [0.15, 0.2) is 18.3 Å². The van der Waals surface area contributed by atoms with Crippen LogP contribution in [0.25, 0.3) is 0 Å². The molecule has 4 heteroatoms. The smallest absolute Gasteiger partial charge is 0.129 e. The lowest BCUT2D eigenvalue weighted by atomic mass is 9.97. The number of fused-ring (bicyclic) bond motifs is 1. The predicted molar refractivity (Wildman–Crippen MR) is 85.7 cm³/mol. The van der Waals surface area contributed by atoms with Crippen molar-refractivity contribution in [3.05, 3.63) is 23.9 Å². The molecule has 2 aliphatic rings. The molecule has 0 unspecified atom stereocenters. The van der Waals surface area contributed by atoms with Gasteiger partial charge < -0.3 is 15.4 Å². The number of unbranched alkanes of at least 4 members (excludes halogenated alkanes) is 2. The molecule has 1 aromatic heterocycles. The van der Waals surface area contributed by atoms with E-state index in [4.69, 9.17) is 4.74 Å². The first kappa shape index (κ1) is 14.8. The van der Waals surface area contributed by atoms with Crippen molar-refractivity contribution in [1.29, 1.82) is 0 Å². The van der Waals surface area contributed by atoms with Crippen LogP contribution in [0.5, 0.6) is 0 Å². The summed E-state index contributed by atoms with van der Waals surface area (Å²) in [5, 5.41) is 6.92. The van der Waals surface area contributed by atoms with Crippen molar-refractivity contribution in [3.8, 4) is 0 Å². The first-order valence-electron chi connectivity index (χ1n) is 8.44. The Kier molecular flexibility index (Phi) is 5.46. The summed E-state index contributed by atoms with van der Waals surface area (Å²) < 4.78 is 5.85. The fraction of sp³-hybridized carbons (Fsp3) is 0.706. The van der Waals surface area contributed by atoms with Crippen molar-refractivity contribution in [2.24, 2.45) is 0 Å². The molecule has 0 saturated carbocycles. The molecule has 2 atom stereocenters. The van der Waals surface area contributed by atoms with E-state index in [9.17, 15) is 0 Å². The fourth-order valence-corrected chi connectivity index (χ4v) is 3.27. The second-order valence-electron chi connectivity index (χ2n) is 6.23. The molecule has 3 heterocycles. The van der Waals surface area contributed by atoms with Crippen LogP contribution in [0.3, 0.4) is 0 Å². The van der Waals surface area contributed by atoms with Gasteiger partial charge in [0.15, 0.2) is 0 Å². The van der Waals surface area contributed by atoms with Gasteiger partial charge in [0.25, 0.3) is 0 Å². The fourth-order valence-electron chi connectivity index (χ4n) is 3.27. The lowest BCUT2D eigenvalue weighted by Gasteiger charge is -2.26. The number of aromatic nitrogens is 1. The predicted octanol–water partition coefficient (Wildman–Crippen LogP) is 2.75. The minimum absolute atomic E-state index is 0.465. The maximum atomic E-state index is 5.85.